The van der Waals surface area contributed by atoms with E-state index in [1.165, 1.54) is 6.42 Å². The Morgan fingerprint density at radius 3 is 2.89 bits per heavy atom. The molecule has 0 bridgehead atoms. The second-order valence-corrected chi connectivity index (χ2v) is 6.38. The van der Waals surface area contributed by atoms with Gasteiger partial charge in [0.2, 0.25) is 0 Å². The Labute approximate surface area is 122 Å². The lowest BCUT2D eigenvalue weighted by Crippen LogP contribution is -2.60. The van der Waals surface area contributed by atoms with Crippen molar-refractivity contribution in [1.82, 2.24) is 4.90 Å². The standard InChI is InChI=1S/C14H19BrN4/c1-18-8-4-7-14(10-18)9-17-13(16)19(14)12-6-3-2-5-11(12)15/h2-3,5-6H,4,7-10H2,1H3,(H2,16,17). The molecule has 1 fully saturated rings. The van der Waals surface area contributed by atoms with Crippen molar-refractivity contribution in [1.29, 1.82) is 0 Å². The highest BCUT2D eigenvalue weighted by atomic mass is 79.9. The summed E-state index contributed by atoms with van der Waals surface area (Å²) in [5, 5.41) is 0. The van der Waals surface area contributed by atoms with Crippen LogP contribution in [-0.2, 0) is 0 Å². The van der Waals surface area contributed by atoms with Crippen molar-refractivity contribution in [3.8, 4) is 0 Å². The molecular formula is C14H19BrN4. The Morgan fingerprint density at radius 1 is 1.37 bits per heavy atom. The van der Waals surface area contributed by atoms with E-state index >= 15 is 0 Å². The van der Waals surface area contributed by atoms with E-state index in [0.29, 0.717) is 5.96 Å². The van der Waals surface area contributed by atoms with E-state index in [1.54, 1.807) is 0 Å². The van der Waals surface area contributed by atoms with Crippen molar-refractivity contribution in [2.75, 3.05) is 31.6 Å². The van der Waals surface area contributed by atoms with Gasteiger partial charge in [-0.2, -0.15) is 0 Å². The third kappa shape index (κ3) is 2.15. The second-order valence-electron chi connectivity index (χ2n) is 5.53. The van der Waals surface area contributed by atoms with Gasteiger partial charge < -0.3 is 15.5 Å². The smallest absolute Gasteiger partial charge is 0.196 e. The van der Waals surface area contributed by atoms with Gasteiger partial charge in [0, 0.05) is 11.0 Å². The summed E-state index contributed by atoms with van der Waals surface area (Å²) in [5.74, 6) is 0.641. The number of hydrogen-bond acceptors (Lipinski definition) is 4. The van der Waals surface area contributed by atoms with Gasteiger partial charge in [-0.05, 0) is 54.5 Å². The fourth-order valence-electron chi connectivity index (χ4n) is 3.27. The van der Waals surface area contributed by atoms with E-state index < -0.39 is 0 Å². The highest BCUT2D eigenvalue weighted by Crippen LogP contribution is 2.38. The first-order valence-corrected chi connectivity index (χ1v) is 7.45. The summed E-state index contributed by atoms with van der Waals surface area (Å²) in [5.41, 5.74) is 7.32. The zero-order chi connectivity index (χ0) is 13.5. The molecule has 19 heavy (non-hydrogen) atoms. The predicted octanol–water partition coefficient (Wildman–Crippen LogP) is 2.05. The fraction of sp³-hybridized carbons (Fsp3) is 0.500. The Kier molecular flexibility index (Phi) is 3.27. The van der Waals surface area contributed by atoms with Crippen LogP contribution in [0.25, 0.3) is 0 Å². The summed E-state index contributed by atoms with van der Waals surface area (Å²) in [6, 6.07) is 8.23. The Balaban J connectivity index is 2.01. The van der Waals surface area contributed by atoms with Crippen LogP contribution >= 0.6 is 15.9 Å². The van der Waals surface area contributed by atoms with Crippen molar-refractivity contribution < 1.29 is 0 Å². The highest BCUT2D eigenvalue weighted by molar-refractivity contribution is 9.10. The first-order chi connectivity index (χ1) is 9.12. The normalized spacial score (nSPS) is 27.9. The Morgan fingerprint density at radius 2 is 2.16 bits per heavy atom. The zero-order valence-electron chi connectivity index (χ0n) is 11.1. The molecule has 2 aliphatic heterocycles. The van der Waals surface area contributed by atoms with E-state index in [-0.39, 0.29) is 5.54 Å². The van der Waals surface area contributed by atoms with Gasteiger partial charge in [-0.3, -0.25) is 4.99 Å². The van der Waals surface area contributed by atoms with Gasteiger partial charge in [-0.25, -0.2) is 0 Å². The summed E-state index contributed by atoms with van der Waals surface area (Å²) in [7, 11) is 2.17. The molecule has 0 radical (unpaired) electrons. The molecule has 0 aromatic heterocycles. The van der Waals surface area contributed by atoms with Gasteiger partial charge in [-0.15, -0.1) is 0 Å². The number of halogens is 1. The van der Waals surface area contributed by atoms with Crippen LogP contribution in [0, 0.1) is 0 Å². The van der Waals surface area contributed by atoms with Gasteiger partial charge >= 0.3 is 0 Å². The molecule has 4 nitrogen and oxygen atoms in total. The average molecular weight is 323 g/mol. The largest absolute Gasteiger partial charge is 0.369 e. The lowest BCUT2D eigenvalue weighted by molar-refractivity contribution is 0.191. The lowest BCUT2D eigenvalue weighted by Gasteiger charge is -2.45. The summed E-state index contributed by atoms with van der Waals surface area (Å²) < 4.78 is 1.07. The molecule has 1 aromatic carbocycles. The maximum Gasteiger partial charge on any atom is 0.196 e. The summed E-state index contributed by atoms with van der Waals surface area (Å²) in [6.45, 7) is 2.97. The molecule has 0 amide bonds. The van der Waals surface area contributed by atoms with Gasteiger partial charge in [0.15, 0.2) is 5.96 Å². The maximum absolute atomic E-state index is 6.17. The van der Waals surface area contributed by atoms with Crippen LogP contribution in [0.1, 0.15) is 12.8 Å². The third-order valence-corrected chi connectivity index (χ3v) is 4.75. The van der Waals surface area contributed by atoms with Crippen LogP contribution in [0.5, 0.6) is 0 Å². The number of nitrogens with zero attached hydrogens (tertiary/aromatic N) is 3. The molecule has 5 heteroatoms. The fourth-order valence-corrected chi connectivity index (χ4v) is 3.74. The monoisotopic (exact) mass is 322 g/mol. The SMILES string of the molecule is CN1CCCC2(CN=C(N)N2c2ccccc2Br)C1. The minimum absolute atomic E-state index is 0.0287. The topological polar surface area (TPSA) is 44.9 Å². The van der Waals surface area contributed by atoms with Crippen molar-refractivity contribution >= 4 is 27.6 Å². The number of nitrogens with two attached hydrogens (primary N) is 1. The average Bonchev–Trinajstić information content (AvgIpc) is 2.67. The van der Waals surface area contributed by atoms with Crippen LogP contribution in [0.15, 0.2) is 33.7 Å². The molecule has 1 saturated heterocycles. The first kappa shape index (κ1) is 12.9. The number of para-hydroxylation sites is 1. The molecule has 1 spiro atoms. The van der Waals surface area contributed by atoms with Crippen LogP contribution in [0.4, 0.5) is 5.69 Å². The molecule has 0 saturated carbocycles. The van der Waals surface area contributed by atoms with Gasteiger partial charge in [0.25, 0.3) is 0 Å². The van der Waals surface area contributed by atoms with Gasteiger partial charge in [0.1, 0.15) is 0 Å². The van der Waals surface area contributed by atoms with Crippen molar-refractivity contribution in [3.63, 3.8) is 0 Å². The van der Waals surface area contributed by atoms with Gasteiger partial charge in [0.05, 0.1) is 17.8 Å². The molecule has 1 atom stereocenters. The minimum atomic E-state index is 0.0287. The van der Waals surface area contributed by atoms with Crippen molar-refractivity contribution in [2.45, 2.75) is 18.4 Å². The molecule has 2 heterocycles. The van der Waals surface area contributed by atoms with Crippen LogP contribution in [0.3, 0.4) is 0 Å². The summed E-state index contributed by atoms with van der Waals surface area (Å²) in [4.78, 5) is 9.12. The number of likely N-dealkylation sites (tertiary alicyclic amines) is 1. The predicted molar refractivity (Wildman–Crippen MR) is 82.6 cm³/mol. The number of guanidine groups is 1. The quantitative estimate of drug-likeness (QED) is 0.860. The van der Waals surface area contributed by atoms with Crippen LogP contribution in [-0.4, -0.2) is 43.1 Å². The number of piperidine rings is 1. The van der Waals surface area contributed by atoms with E-state index in [1.807, 2.05) is 12.1 Å². The van der Waals surface area contributed by atoms with E-state index in [0.717, 1.165) is 36.2 Å². The summed E-state index contributed by atoms with van der Waals surface area (Å²) >= 11 is 3.63. The number of hydrogen-bond donors (Lipinski definition) is 1. The molecule has 1 aromatic rings. The lowest BCUT2D eigenvalue weighted by atomic mass is 9.88. The maximum atomic E-state index is 6.17. The molecule has 0 aliphatic carbocycles. The number of aliphatic imine (C=N–C) groups is 1. The molecule has 3 rings (SSSR count). The van der Waals surface area contributed by atoms with Crippen LogP contribution in [0.2, 0.25) is 0 Å². The summed E-state index contributed by atoms with van der Waals surface area (Å²) in [6.07, 6.45) is 2.34. The van der Waals surface area contributed by atoms with E-state index in [9.17, 15) is 0 Å². The Hall–Kier alpha value is -1.07. The van der Waals surface area contributed by atoms with Crippen molar-refractivity contribution in [2.24, 2.45) is 10.7 Å². The Bertz CT molecular complexity index is 516. The number of anilines is 1. The number of rotatable bonds is 1. The number of likely N-dealkylation sites (N-methyl/N-ethyl adjacent to an activating group) is 1. The second kappa shape index (κ2) is 4.80. The minimum Gasteiger partial charge on any atom is -0.369 e. The third-order valence-electron chi connectivity index (χ3n) is 4.08. The molecule has 102 valence electrons. The number of benzene rings is 1. The van der Waals surface area contributed by atoms with Crippen molar-refractivity contribution in [3.05, 3.63) is 28.7 Å². The zero-order valence-corrected chi connectivity index (χ0v) is 12.7. The highest BCUT2D eigenvalue weighted by Gasteiger charge is 2.45. The molecular weight excluding hydrogens is 304 g/mol. The van der Waals surface area contributed by atoms with Crippen LogP contribution < -0.4 is 10.6 Å². The van der Waals surface area contributed by atoms with E-state index in [2.05, 4.69) is 49.9 Å². The van der Waals surface area contributed by atoms with E-state index in [4.69, 9.17) is 5.73 Å². The molecule has 1 unspecified atom stereocenters. The first-order valence-electron chi connectivity index (χ1n) is 6.66. The van der Waals surface area contributed by atoms with Gasteiger partial charge in [-0.1, -0.05) is 12.1 Å². The molecule has 2 aliphatic rings. The molecule has 2 N–H and O–H groups in total.